The Balaban J connectivity index is 2.25. The van der Waals surface area contributed by atoms with Crippen molar-refractivity contribution in [1.82, 2.24) is 0 Å². The topological polar surface area (TPSA) is 9.23 Å². The minimum absolute atomic E-state index is 0.481. The highest BCUT2D eigenvalue weighted by molar-refractivity contribution is 7.08. The predicted molar refractivity (Wildman–Crippen MR) is 80.3 cm³/mol. The normalized spacial score (nSPS) is 11.3. The van der Waals surface area contributed by atoms with Crippen molar-refractivity contribution in [2.75, 3.05) is 7.11 Å². The van der Waals surface area contributed by atoms with E-state index in [9.17, 15) is 0 Å². The molecule has 0 aliphatic rings. The molecule has 1 heterocycles. The number of hydrogen-bond acceptors (Lipinski definition) is 2. The second kappa shape index (κ2) is 5.87. The van der Waals surface area contributed by atoms with Gasteiger partial charge in [0.15, 0.2) is 0 Å². The molecule has 0 aliphatic carbocycles. The molecule has 1 aromatic carbocycles. The van der Waals surface area contributed by atoms with Crippen molar-refractivity contribution in [2.24, 2.45) is 0 Å². The molecule has 0 aliphatic heterocycles. The molecular weight excluding hydrogens is 240 g/mol. The Morgan fingerprint density at radius 1 is 1.11 bits per heavy atom. The van der Waals surface area contributed by atoms with Gasteiger partial charge in [-0.1, -0.05) is 38.1 Å². The Bertz CT molecular complexity index is 524. The second-order valence-electron chi connectivity index (χ2n) is 4.55. The SMILES string of the molecule is COc1cc(/C=C/c2ccsc2)ccc1C(C)C. The van der Waals surface area contributed by atoms with Crippen molar-refractivity contribution in [3.8, 4) is 5.75 Å². The van der Waals surface area contributed by atoms with Crippen molar-refractivity contribution in [1.29, 1.82) is 0 Å². The van der Waals surface area contributed by atoms with E-state index < -0.39 is 0 Å². The van der Waals surface area contributed by atoms with Crippen molar-refractivity contribution in [3.05, 3.63) is 51.7 Å². The van der Waals surface area contributed by atoms with Crippen LogP contribution in [0.3, 0.4) is 0 Å². The van der Waals surface area contributed by atoms with Gasteiger partial charge in [-0.2, -0.15) is 11.3 Å². The van der Waals surface area contributed by atoms with E-state index in [-0.39, 0.29) is 0 Å². The molecule has 18 heavy (non-hydrogen) atoms. The minimum Gasteiger partial charge on any atom is -0.496 e. The van der Waals surface area contributed by atoms with Crippen molar-refractivity contribution < 1.29 is 4.74 Å². The third-order valence-electron chi connectivity index (χ3n) is 2.89. The van der Waals surface area contributed by atoms with Gasteiger partial charge in [0.25, 0.3) is 0 Å². The van der Waals surface area contributed by atoms with Gasteiger partial charge in [0.05, 0.1) is 7.11 Å². The lowest BCUT2D eigenvalue weighted by atomic mass is 10.00. The van der Waals surface area contributed by atoms with Gasteiger partial charge in [0.2, 0.25) is 0 Å². The van der Waals surface area contributed by atoms with E-state index in [1.807, 2.05) is 0 Å². The maximum Gasteiger partial charge on any atom is 0.122 e. The first-order chi connectivity index (χ1) is 8.70. The Hall–Kier alpha value is -1.54. The Morgan fingerprint density at radius 2 is 1.89 bits per heavy atom. The molecule has 1 nitrogen and oxygen atoms in total. The van der Waals surface area contributed by atoms with E-state index >= 15 is 0 Å². The van der Waals surface area contributed by atoms with E-state index in [2.05, 4.69) is 61.0 Å². The smallest absolute Gasteiger partial charge is 0.122 e. The number of ether oxygens (including phenoxy) is 1. The highest BCUT2D eigenvalue weighted by Gasteiger charge is 2.06. The van der Waals surface area contributed by atoms with Crippen LogP contribution < -0.4 is 4.74 Å². The third kappa shape index (κ3) is 3.02. The molecule has 0 N–H and O–H groups in total. The van der Waals surface area contributed by atoms with Crippen LogP contribution in [0.4, 0.5) is 0 Å². The van der Waals surface area contributed by atoms with Crippen LogP contribution in [0.15, 0.2) is 35.0 Å². The van der Waals surface area contributed by atoms with Crippen LogP contribution in [0.25, 0.3) is 12.2 Å². The van der Waals surface area contributed by atoms with Crippen molar-refractivity contribution >= 4 is 23.5 Å². The molecule has 94 valence electrons. The van der Waals surface area contributed by atoms with Gasteiger partial charge < -0.3 is 4.74 Å². The quantitative estimate of drug-likeness (QED) is 0.745. The van der Waals surface area contributed by atoms with E-state index in [0.717, 1.165) is 5.75 Å². The molecule has 1 aromatic heterocycles. The summed E-state index contributed by atoms with van der Waals surface area (Å²) in [7, 11) is 1.73. The lowest BCUT2D eigenvalue weighted by Crippen LogP contribution is -1.94. The molecule has 0 unspecified atom stereocenters. The molecule has 0 amide bonds. The number of benzene rings is 1. The highest BCUT2D eigenvalue weighted by Crippen LogP contribution is 2.28. The molecule has 0 bridgehead atoms. The zero-order valence-electron chi connectivity index (χ0n) is 11.0. The maximum absolute atomic E-state index is 5.45. The Kier molecular flexibility index (Phi) is 4.21. The van der Waals surface area contributed by atoms with E-state index in [4.69, 9.17) is 4.74 Å². The third-order valence-corrected chi connectivity index (χ3v) is 3.59. The number of rotatable bonds is 4. The number of thiophene rings is 1. The first-order valence-corrected chi connectivity index (χ1v) is 7.03. The van der Waals surface area contributed by atoms with Gasteiger partial charge in [-0.25, -0.2) is 0 Å². The van der Waals surface area contributed by atoms with Crippen molar-refractivity contribution in [3.63, 3.8) is 0 Å². The molecule has 2 heteroatoms. The number of methoxy groups -OCH3 is 1. The molecule has 2 rings (SSSR count). The second-order valence-corrected chi connectivity index (χ2v) is 5.33. The molecule has 0 saturated heterocycles. The molecular formula is C16H18OS. The van der Waals surface area contributed by atoms with Gasteiger partial charge in [0.1, 0.15) is 5.75 Å². The summed E-state index contributed by atoms with van der Waals surface area (Å²) >= 11 is 1.71. The first-order valence-electron chi connectivity index (χ1n) is 6.09. The molecule has 2 aromatic rings. The van der Waals surface area contributed by atoms with Gasteiger partial charge in [-0.05, 0) is 45.5 Å². The summed E-state index contributed by atoms with van der Waals surface area (Å²) in [5.41, 5.74) is 3.67. The number of hydrogen-bond donors (Lipinski definition) is 0. The van der Waals surface area contributed by atoms with Crippen LogP contribution in [0, 0.1) is 0 Å². The fourth-order valence-corrected chi connectivity index (χ4v) is 2.50. The average molecular weight is 258 g/mol. The Morgan fingerprint density at radius 3 is 2.50 bits per heavy atom. The van der Waals surface area contributed by atoms with Gasteiger partial charge >= 0.3 is 0 Å². The van der Waals surface area contributed by atoms with Gasteiger partial charge in [-0.15, -0.1) is 0 Å². The lowest BCUT2D eigenvalue weighted by Gasteiger charge is -2.12. The monoisotopic (exact) mass is 258 g/mol. The van der Waals surface area contributed by atoms with E-state index in [0.29, 0.717) is 5.92 Å². The molecule has 0 fully saturated rings. The zero-order chi connectivity index (χ0) is 13.0. The van der Waals surface area contributed by atoms with Crippen LogP contribution in [0.5, 0.6) is 5.75 Å². The lowest BCUT2D eigenvalue weighted by molar-refractivity contribution is 0.407. The van der Waals surface area contributed by atoms with Crippen LogP contribution in [-0.2, 0) is 0 Å². The van der Waals surface area contributed by atoms with Crippen LogP contribution in [0.1, 0.15) is 36.5 Å². The average Bonchev–Trinajstić information content (AvgIpc) is 2.88. The van der Waals surface area contributed by atoms with Gasteiger partial charge in [0, 0.05) is 0 Å². The standard InChI is InChI=1S/C16H18OS/c1-12(2)15-7-6-13(10-16(15)17-3)4-5-14-8-9-18-11-14/h4-12H,1-3H3/b5-4+. The minimum atomic E-state index is 0.481. The summed E-state index contributed by atoms with van der Waals surface area (Å²) in [5.74, 6) is 1.45. The maximum atomic E-state index is 5.45. The summed E-state index contributed by atoms with van der Waals surface area (Å²) in [4.78, 5) is 0. The predicted octanol–water partition coefficient (Wildman–Crippen LogP) is 5.05. The fraction of sp³-hybridized carbons (Fsp3) is 0.250. The first kappa shape index (κ1) is 12.9. The highest BCUT2D eigenvalue weighted by atomic mass is 32.1. The summed E-state index contributed by atoms with van der Waals surface area (Å²) in [6.45, 7) is 4.36. The largest absolute Gasteiger partial charge is 0.496 e. The zero-order valence-corrected chi connectivity index (χ0v) is 11.8. The fourth-order valence-electron chi connectivity index (χ4n) is 1.87. The summed E-state index contributed by atoms with van der Waals surface area (Å²) in [6.07, 6.45) is 4.25. The van der Waals surface area contributed by atoms with Crippen LogP contribution in [-0.4, -0.2) is 7.11 Å². The molecule has 0 spiro atoms. The summed E-state index contributed by atoms with van der Waals surface area (Å²) < 4.78 is 5.45. The summed E-state index contributed by atoms with van der Waals surface area (Å²) in [5, 5.41) is 4.22. The Labute approximate surface area is 113 Å². The molecule has 0 saturated carbocycles. The van der Waals surface area contributed by atoms with Crippen LogP contribution in [0.2, 0.25) is 0 Å². The van der Waals surface area contributed by atoms with E-state index in [1.54, 1.807) is 18.4 Å². The van der Waals surface area contributed by atoms with E-state index in [1.165, 1.54) is 16.7 Å². The molecule has 0 radical (unpaired) electrons. The van der Waals surface area contributed by atoms with Crippen molar-refractivity contribution in [2.45, 2.75) is 19.8 Å². The van der Waals surface area contributed by atoms with Gasteiger partial charge in [-0.3, -0.25) is 0 Å². The molecule has 0 atom stereocenters. The van der Waals surface area contributed by atoms with Crippen LogP contribution >= 0.6 is 11.3 Å². The summed E-state index contributed by atoms with van der Waals surface area (Å²) in [6, 6.07) is 8.50.